The summed E-state index contributed by atoms with van der Waals surface area (Å²) in [6.45, 7) is 1.22. The van der Waals surface area contributed by atoms with Crippen LogP contribution in [0, 0.1) is 11.6 Å². The lowest BCUT2D eigenvalue weighted by molar-refractivity contribution is 0.627. The van der Waals surface area contributed by atoms with E-state index in [2.05, 4.69) is 35.9 Å². The number of fused-ring (bicyclic) bond motifs is 2. The van der Waals surface area contributed by atoms with Crippen molar-refractivity contribution in [2.45, 2.75) is 13.1 Å². The lowest BCUT2D eigenvalue weighted by Crippen LogP contribution is -2.02. The van der Waals surface area contributed by atoms with Gasteiger partial charge in [0.15, 0.2) is 0 Å². The Kier molecular flexibility index (Phi) is 9.79. The maximum atomic E-state index is 13.2. The number of pyridine rings is 4. The third-order valence-corrected chi connectivity index (χ3v) is 9.62. The van der Waals surface area contributed by atoms with Gasteiger partial charge in [-0.3, -0.25) is 9.97 Å². The molecule has 6 aromatic heterocycles. The van der Waals surface area contributed by atoms with Crippen LogP contribution in [0.25, 0.3) is 42.7 Å². The van der Waals surface area contributed by atoms with E-state index in [1.807, 2.05) is 53.9 Å². The molecular formula is C38H27ClF2N6S2. The Morgan fingerprint density at radius 2 is 1.10 bits per heavy atom. The van der Waals surface area contributed by atoms with Gasteiger partial charge in [0.2, 0.25) is 0 Å². The zero-order valence-corrected chi connectivity index (χ0v) is 28.2. The third-order valence-electron chi connectivity index (χ3n) is 7.67. The van der Waals surface area contributed by atoms with Crippen molar-refractivity contribution in [1.82, 2.24) is 19.9 Å². The summed E-state index contributed by atoms with van der Waals surface area (Å²) in [4.78, 5) is 19.3. The van der Waals surface area contributed by atoms with Gasteiger partial charge in [-0.2, -0.15) is 0 Å². The average molecular weight is 705 g/mol. The van der Waals surface area contributed by atoms with Crippen LogP contribution in [-0.4, -0.2) is 19.9 Å². The van der Waals surface area contributed by atoms with Crippen LogP contribution in [0.5, 0.6) is 0 Å². The molecule has 2 aromatic carbocycles. The number of aromatic nitrogens is 4. The first-order valence-corrected chi connectivity index (χ1v) is 17.4. The summed E-state index contributed by atoms with van der Waals surface area (Å²) in [5.41, 5.74) is 7.80. The van der Waals surface area contributed by atoms with Crippen molar-refractivity contribution in [1.29, 1.82) is 0 Å². The molecule has 11 heteroatoms. The van der Waals surface area contributed by atoms with Gasteiger partial charge in [-0.25, -0.2) is 18.7 Å². The number of hydrogen-bond acceptors (Lipinski definition) is 8. The first-order chi connectivity index (χ1) is 24.0. The van der Waals surface area contributed by atoms with Gasteiger partial charge in [0.05, 0.1) is 24.5 Å². The molecule has 0 aliphatic heterocycles. The minimum atomic E-state index is -0.252. The van der Waals surface area contributed by atoms with Crippen LogP contribution in [-0.2, 0) is 13.1 Å². The quantitative estimate of drug-likeness (QED) is 0.153. The van der Waals surface area contributed by atoms with Gasteiger partial charge in [-0.1, -0.05) is 48.0 Å². The fraction of sp³-hybridized carbons (Fsp3) is 0.0526. The van der Waals surface area contributed by atoms with Crippen molar-refractivity contribution < 1.29 is 8.78 Å². The Hall–Kier alpha value is -5.29. The number of halogens is 3. The highest BCUT2D eigenvalue weighted by molar-refractivity contribution is 7.17. The van der Waals surface area contributed by atoms with Crippen LogP contribution in [0.1, 0.15) is 11.4 Å². The fourth-order valence-electron chi connectivity index (χ4n) is 5.32. The summed E-state index contributed by atoms with van der Waals surface area (Å²) in [6, 6.07) is 28.5. The van der Waals surface area contributed by atoms with Gasteiger partial charge < -0.3 is 10.6 Å². The number of nitrogens with one attached hydrogen (secondary N) is 2. The second-order valence-electron chi connectivity index (χ2n) is 10.9. The van der Waals surface area contributed by atoms with E-state index in [-0.39, 0.29) is 11.6 Å². The highest BCUT2D eigenvalue weighted by Gasteiger charge is 2.15. The Balaban J connectivity index is 0.000000154. The van der Waals surface area contributed by atoms with Gasteiger partial charge in [0, 0.05) is 62.6 Å². The fourth-order valence-corrected chi connectivity index (χ4v) is 7.48. The van der Waals surface area contributed by atoms with E-state index in [9.17, 15) is 8.78 Å². The molecule has 0 saturated carbocycles. The molecule has 0 aliphatic carbocycles. The number of hydrogen-bond donors (Lipinski definition) is 2. The monoisotopic (exact) mass is 704 g/mol. The number of benzene rings is 2. The van der Waals surface area contributed by atoms with E-state index in [0.29, 0.717) is 18.2 Å². The SMILES string of the molecule is Fc1ccc(-c2csc3nc(Cl)cc(NCc4ccccn4)c23)cc1.Fc1ccc(-c2csc3nccc(NCc4ccccn4)c23)cc1. The largest absolute Gasteiger partial charge is 0.379 e. The van der Waals surface area contributed by atoms with E-state index in [1.165, 1.54) is 35.6 Å². The Labute approximate surface area is 294 Å². The molecule has 0 radical (unpaired) electrons. The van der Waals surface area contributed by atoms with Crippen molar-refractivity contribution in [2.75, 3.05) is 10.6 Å². The number of anilines is 2. The third kappa shape index (κ3) is 7.57. The van der Waals surface area contributed by atoms with Crippen LogP contribution >= 0.6 is 34.3 Å². The highest BCUT2D eigenvalue weighted by Crippen LogP contribution is 2.40. The Morgan fingerprint density at radius 3 is 1.65 bits per heavy atom. The topological polar surface area (TPSA) is 75.6 Å². The molecule has 2 N–H and O–H groups in total. The van der Waals surface area contributed by atoms with Crippen molar-refractivity contribution in [3.8, 4) is 22.3 Å². The van der Waals surface area contributed by atoms with Gasteiger partial charge in [-0.15, -0.1) is 22.7 Å². The molecule has 0 bridgehead atoms. The molecule has 49 heavy (non-hydrogen) atoms. The molecule has 8 rings (SSSR count). The predicted octanol–water partition coefficient (Wildman–Crippen LogP) is 10.9. The van der Waals surface area contributed by atoms with Crippen molar-refractivity contribution in [2.24, 2.45) is 0 Å². The number of nitrogens with zero attached hydrogens (tertiary/aromatic N) is 4. The summed E-state index contributed by atoms with van der Waals surface area (Å²) in [5, 5.41) is 13.4. The zero-order valence-electron chi connectivity index (χ0n) is 25.8. The van der Waals surface area contributed by atoms with Gasteiger partial charge in [0.25, 0.3) is 0 Å². The smallest absolute Gasteiger partial charge is 0.132 e. The molecule has 0 atom stereocenters. The summed E-state index contributed by atoms with van der Waals surface area (Å²) >= 11 is 9.28. The maximum Gasteiger partial charge on any atom is 0.132 e. The second kappa shape index (κ2) is 14.9. The lowest BCUT2D eigenvalue weighted by Gasteiger charge is -2.10. The molecule has 0 spiro atoms. The molecule has 0 saturated heterocycles. The molecule has 0 amide bonds. The van der Waals surface area contributed by atoms with Crippen LogP contribution < -0.4 is 10.6 Å². The lowest BCUT2D eigenvalue weighted by atomic mass is 10.0. The van der Waals surface area contributed by atoms with Crippen LogP contribution in [0.3, 0.4) is 0 Å². The zero-order chi connectivity index (χ0) is 33.6. The Morgan fingerprint density at radius 1 is 0.571 bits per heavy atom. The highest BCUT2D eigenvalue weighted by atomic mass is 35.5. The normalized spacial score (nSPS) is 10.9. The summed E-state index contributed by atoms with van der Waals surface area (Å²) in [5.74, 6) is -0.483. The molecule has 8 aromatic rings. The van der Waals surface area contributed by atoms with Gasteiger partial charge >= 0.3 is 0 Å². The van der Waals surface area contributed by atoms with E-state index in [1.54, 1.807) is 54.2 Å². The van der Waals surface area contributed by atoms with Crippen LogP contribution in [0.2, 0.25) is 5.15 Å². The predicted molar refractivity (Wildman–Crippen MR) is 198 cm³/mol. The minimum Gasteiger partial charge on any atom is -0.379 e. The standard InChI is InChI=1S/C19H13ClFN3S.C19H14FN3S/c20-17-9-16(23-10-14-3-1-2-8-22-14)18-15(11-25-19(18)24-17)12-4-6-13(21)7-5-12;20-14-6-4-13(5-7-14)16-12-24-19-18(16)17(8-10-22-19)23-11-15-3-1-2-9-21-15/h1-9,11H,10H2,(H,23,24);1-10,12H,11H2,(H,22,23). The second-order valence-corrected chi connectivity index (χ2v) is 13.0. The molecule has 0 aliphatic rings. The van der Waals surface area contributed by atoms with Crippen molar-refractivity contribution in [3.05, 3.63) is 155 Å². The number of thiophene rings is 2. The van der Waals surface area contributed by atoms with E-state index in [4.69, 9.17) is 11.6 Å². The van der Waals surface area contributed by atoms with Crippen molar-refractivity contribution >= 4 is 66.1 Å². The number of rotatable bonds is 8. The summed E-state index contributed by atoms with van der Waals surface area (Å²) < 4.78 is 26.4. The Bertz CT molecular complexity index is 2310. The van der Waals surface area contributed by atoms with Crippen LogP contribution in [0.15, 0.2) is 126 Å². The molecule has 6 nitrogen and oxygen atoms in total. The van der Waals surface area contributed by atoms with E-state index in [0.717, 1.165) is 65.4 Å². The van der Waals surface area contributed by atoms with Crippen molar-refractivity contribution in [3.63, 3.8) is 0 Å². The van der Waals surface area contributed by atoms with E-state index < -0.39 is 0 Å². The van der Waals surface area contributed by atoms with Gasteiger partial charge in [-0.05, 0) is 71.8 Å². The maximum absolute atomic E-state index is 13.2. The average Bonchev–Trinajstić information content (AvgIpc) is 3.77. The first kappa shape index (κ1) is 32.3. The first-order valence-electron chi connectivity index (χ1n) is 15.3. The summed E-state index contributed by atoms with van der Waals surface area (Å²) in [7, 11) is 0. The molecular weight excluding hydrogens is 678 g/mol. The molecule has 0 unspecified atom stereocenters. The summed E-state index contributed by atoms with van der Waals surface area (Å²) in [6.07, 6.45) is 5.35. The van der Waals surface area contributed by atoms with E-state index >= 15 is 0 Å². The molecule has 0 fully saturated rings. The minimum absolute atomic E-state index is 0.232. The van der Waals surface area contributed by atoms with Gasteiger partial charge in [0.1, 0.15) is 26.4 Å². The molecule has 242 valence electrons. The van der Waals surface area contributed by atoms with Crippen LogP contribution in [0.4, 0.5) is 20.2 Å². The molecule has 6 heterocycles.